The molecule has 0 unspecified atom stereocenters. The van der Waals surface area contributed by atoms with Gasteiger partial charge in [-0.15, -0.1) is 10.2 Å². The summed E-state index contributed by atoms with van der Waals surface area (Å²) < 4.78 is 5.27. The largest absolute Gasteiger partial charge is 0.478 e. The summed E-state index contributed by atoms with van der Waals surface area (Å²) >= 11 is 0. The molecule has 2 rings (SSSR count). The SMILES string of the molecule is Cc1cccnc1-c1nnc(/C=C/C(=O)O)o1. The zero-order chi connectivity index (χ0) is 12.3. The number of aryl methyl sites for hydroxylation is 1. The molecule has 0 saturated heterocycles. The van der Waals surface area contributed by atoms with Crippen LogP contribution in [0.5, 0.6) is 0 Å². The van der Waals surface area contributed by atoms with E-state index >= 15 is 0 Å². The third-order valence-electron chi connectivity index (χ3n) is 2.02. The van der Waals surface area contributed by atoms with Crippen molar-refractivity contribution in [3.05, 3.63) is 35.9 Å². The quantitative estimate of drug-likeness (QED) is 0.806. The molecule has 2 heterocycles. The van der Waals surface area contributed by atoms with E-state index < -0.39 is 5.97 Å². The van der Waals surface area contributed by atoms with Crippen molar-refractivity contribution in [1.82, 2.24) is 15.2 Å². The number of nitrogens with zero attached hydrogens (tertiary/aromatic N) is 3. The number of rotatable bonds is 3. The van der Waals surface area contributed by atoms with Gasteiger partial charge in [0.1, 0.15) is 5.69 Å². The maximum atomic E-state index is 10.3. The summed E-state index contributed by atoms with van der Waals surface area (Å²) in [7, 11) is 0. The molecule has 6 nitrogen and oxygen atoms in total. The average molecular weight is 231 g/mol. The third kappa shape index (κ3) is 2.54. The van der Waals surface area contributed by atoms with Crippen molar-refractivity contribution in [2.75, 3.05) is 0 Å². The van der Waals surface area contributed by atoms with Crippen LogP contribution in [0.3, 0.4) is 0 Å². The number of carboxylic acids is 1. The molecule has 0 aliphatic carbocycles. The number of aromatic nitrogens is 3. The highest BCUT2D eigenvalue weighted by atomic mass is 16.4. The first-order valence-corrected chi connectivity index (χ1v) is 4.83. The summed E-state index contributed by atoms with van der Waals surface area (Å²) in [6.45, 7) is 1.87. The minimum atomic E-state index is -1.07. The average Bonchev–Trinajstić information content (AvgIpc) is 2.75. The molecule has 6 heteroatoms. The van der Waals surface area contributed by atoms with Crippen LogP contribution in [0.1, 0.15) is 11.5 Å². The first-order valence-electron chi connectivity index (χ1n) is 4.83. The van der Waals surface area contributed by atoms with Gasteiger partial charge in [-0.3, -0.25) is 4.98 Å². The van der Waals surface area contributed by atoms with E-state index in [1.165, 1.54) is 6.08 Å². The minimum Gasteiger partial charge on any atom is -0.478 e. The predicted octanol–water partition coefficient (Wildman–Crippen LogP) is 1.54. The van der Waals surface area contributed by atoms with Gasteiger partial charge in [-0.05, 0) is 18.6 Å². The van der Waals surface area contributed by atoms with Crippen LogP contribution in [0.15, 0.2) is 28.8 Å². The number of hydrogen-bond donors (Lipinski definition) is 1. The van der Waals surface area contributed by atoms with Crippen molar-refractivity contribution in [1.29, 1.82) is 0 Å². The van der Waals surface area contributed by atoms with Crippen LogP contribution in [-0.2, 0) is 4.79 Å². The van der Waals surface area contributed by atoms with E-state index in [0.29, 0.717) is 5.69 Å². The third-order valence-corrected chi connectivity index (χ3v) is 2.02. The Morgan fingerprint density at radius 2 is 2.29 bits per heavy atom. The molecule has 0 spiro atoms. The van der Waals surface area contributed by atoms with Crippen LogP contribution < -0.4 is 0 Å². The van der Waals surface area contributed by atoms with Crippen LogP contribution in [0, 0.1) is 6.92 Å². The molecule has 0 bridgehead atoms. The molecule has 0 saturated carbocycles. The predicted molar refractivity (Wildman–Crippen MR) is 58.9 cm³/mol. The van der Waals surface area contributed by atoms with Gasteiger partial charge in [0.25, 0.3) is 5.89 Å². The molecule has 86 valence electrons. The van der Waals surface area contributed by atoms with Crippen molar-refractivity contribution in [3.63, 3.8) is 0 Å². The van der Waals surface area contributed by atoms with E-state index in [9.17, 15) is 4.79 Å². The van der Waals surface area contributed by atoms with Crippen molar-refractivity contribution < 1.29 is 14.3 Å². The molecule has 0 radical (unpaired) electrons. The maximum Gasteiger partial charge on any atom is 0.328 e. The van der Waals surface area contributed by atoms with Gasteiger partial charge in [-0.2, -0.15) is 0 Å². The molecule has 0 aliphatic rings. The number of carbonyl (C=O) groups is 1. The molecule has 2 aromatic heterocycles. The molecule has 0 aliphatic heterocycles. The van der Waals surface area contributed by atoms with Gasteiger partial charge in [0.15, 0.2) is 0 Å². The monoisotopic (exact) mass is 231 g/mol. The lowest BCUT2D eigenvalue weighted by molar-refractivity contribution is -0.131. The fourth-order valence-electron chi connectivity index (χ4n) is 1.25. The Kier molecular flexibility index (Phi) is 2.95. The topological polar surface area (TPSA) is 89.1 Å². The molecule has 2 aromatic rings. The van der Waals surface area contributed by atoms with E-state index in [1.807, 2.05) is 13.0 Å². The van der Waals surface area contributed by atoms with Gasteiger partial charge in [0.2, 0.25) is 5.89 Å². The van der Waals surface area contributed by atoms with E-state index in [0.717, 1.165) is 11.6 Å². The first-order chi connectivity index (χ1) is 8.16. The number of carboxylic acid groups (broad SMARTS) is 1. The standard InChI is InChI=1S/C11H9N3O3/c1-7-3-2-6-12-10(7)11-14-13-8(17-11)4-5-9(15)16/h2-6H,1H3,(H,15,16)/b5-4+. The normalized spacial score (nSPS) is 10.9. The lowest BCUT2D eigenvalue weighted by Crippen LogP contribution is -1.86. The van der Waals surface area contributed by atoms with Gasteiger partial charge in [0.05, 0.1) is 0 Å². The molecule has 1 N–H and O–H groups in total. The van der Waals surface area contributed by atoms with Gasteiger partial charge in [-0.1, -0.05) is 6.07 Å². The fourth-order valence-corrected chi connectivity index (χ4v) is 1.25. The van der Waals surface area contributed by atoms with Gasteiger partial charge in [-0.25, -0.2) is 4.79 Å². The summed E-state index contributed by atoms with van der Waals surface area (Å²) in [6.07, 6.45) is 3.79. The lowest BCUT2D eigenvalue weighted by Gasteiger charge is -1.96. The Morgan fingerprint density at radius 3 is 3.00 bits per heavy atom. The molecule has 0 fully saturated rings. The highest BCUT2D eigenvalue weighted by molar-refractivity contribution is 5.84. The van der Waals surface area contributed by atoms with Gasteiger partial charge in [0, 0.05) is 18.3 Å². The second-order valence-corrected chi connectivity index (χ2v) is 3.29. The number of hydrogen-bond acceptors (Lipinski definition) is 5. The van der Waals surface area contributed by atoms with Crippen LogP contribution >= 0.6 is 0 Å². The Morgan fingerprint density at radius 1 is 1.47 bits per heavy atom. The Labute approximate surface area is 96.6 Å². The molecular formula is C11H9N3O3. The smallest absolute Gasteiger partial charge is 0.328 e. The summed E-state index contributed by atoms with van der Waals surface area (Å²) in [4.78, 5) is 14.4. The van der Waals surface area contributed by atoms with Gasteiger partial charge >= 0.3 is 5.97 Å². The van der Waals surface area contributed by atoms with Crippen LogP contribution in [-0.4, -0.2) is 26.3 Å². The summed E-state index contributed by atoms with van der Waals surface area (Å²) in [5.74, 6) is -0.667. The van der Waals surface area contributed by atoms with E-state index in [4.69, 9.17) is 9.52 Å². The van der Waals surface area contributed by atoms with Crippen molar-refractivity contribution in [3.8, 4) is 11.6 Å². The van der Waals surface area contributed by atoms with Gasteiger partial charge < -0.3 is 9.52 Å². The lowest BCUT2D eigenvalue weighted by atomic mass is 10.2. The van der Waals surface area contributed by atoms with Crippen molar-refractivity contribution >= 4 is 12.0 Å². The van der Waals surface area contributed by atoms with Crippen LogP contribution in [0.2, 0.25) is 0 Å². The summed E-state index contributed by atoms with van der Waals surface area (Å²) in [5.41, 5.74) is 1.50. The molecular weight excluding hydrogens is 222 g/mol. The fraction of sp³-hybridized carbons (Fsp3) is 0.0909. The highest BCUT2D eigenvalue weighted by Gasteiger charge is 2.10. The minimum absolute atomic E-state index is 0.132. The summed E-state index contributed by atoms with van der Waals surface area (Å²) in [6, 6.07) is 3.68. The first kappa shape index (κ1) is 11.0. The Balaban J connectivity index is 2.30. The highest BCUT2D eigenvalue weighted by Crippen LogP contribution is 2.18. The van der Waals surface area contributed by atoms with Crippen molar-refractivity contribution in [2.45, 2.75) is 6.92 Å². The van der Waals surface area contributed by atoms with E-state index in [-0.39, 0.29) is 11.8 Å². The Hall–Kier alpha value is -2.50. The van der Waals surface area contributed by atoms with Crippen LogP contribution in [0.4, 0.5) is 0 Å². The zero-order valence-corrected chi connectivity index (χ0v) is 8.99. The molecule has 0 aromatic carbocycles. The second kappa shape index (κ2) is 4.56. The van der Waals surface area contributed by atoms with E-state index in [2.05, 4.69) is 15.2 Å². The van der Waals surface area contributed by atoms with E-state index in [1.54, 1.807) is 12.3 Å². The van der Waals surface area contributed by atoms with Crippen LogP contribution in [0.25, 0.3) is 17.7 Å². The summed E-state index contributed by atoms with van der Waals surface area (Å²) in [5, 5.41) is 16.0. The van der Waals surface area contributed by atoms with Crippen molar-refractivity contribution in [2.24, 2.45) is 0 Å². The molecule has 0 amide bonds. The second-order valence-electron chi connectivity index (χ2n) is 3.29. The molecule has 0 atom stereocenters. The number of pyridine rings is 1. The Bertz CT molecular complexity index is 575. The maximum absolute atomic E-state index is 10.3. The molecule has 17 heavy (non-hydrogen) atoms. The zero-order valence-electron chi connectivity index (χ0n) is 8.99. The number of aliphatic carboxylic acids is 1.